The second kappa shape index (κ2) is 6.01. The molecule has 1 amide bonds. The predicted molar refractivity (Wildman–Crippen MR) is 73.1 cm³/mol. The fourth-order valence-electron chi connectivity index (χ4n) is 1.98. The molecule has 0 saturated carbocycles. The second-order valence-electron chi connectivity index (χ2n) is 4.55. The number of amides is 1. The molecule has 1 unspecified atom stereocenters. The number of halogens is 3. The Morgan fingerprint density at radius 3 is 2.57 bits per heavy atom. The molecule has 2 rings (SSSR count). The van der Waals surface area contributed by atoms with Crippen LogP contribution >= 0.6 is 0 Å². The Hall–Kier alpha value is -2.28. The van der Waals surface area contributed by atoms with Crippen molar-refractivity contribution in [3.8, 4) is 0 Å². The van der Waals surface area contributed by atoms with Crippen LogP contribution in [0.3, 0.4) is 0 Å². The molecule has 0 bridgehead atoms. The van der Waals surface area contributed by atoms with Crippen LogP contribution < -0.4 is 16.6 Å². The molecule has 0 fully saturated rings. The first-order chi connectivity index (χ1) is 9.91. The number of benzene rings is 1. The number of nitrogen functional groups attached to an aromatic ring is 1. The van der Waals surface area contributed by atoms with E-state index in [2.05, 4.69) is 5.32 Å². The molecule has 4 nitrogen and oxygen atoms in total. The number of allylic oxidation sites excluding steroid dienone is 3. The number of hydrogen-bond acceptors (Lipinski definition) is 3. The lowest BCUT2D eigenvalue weighted by atomic mass is 9.98. The summed E-state index contributed by atoms with van der Waals surface area (Å²) in [5, 5.41) is 2.93. The highest BCUT2D eigenvalue weighted by molar-refractivity contribution is 5.99. The smallest absolute Gasteiger partial charge is 0.355 e. The standard InChI is InChI=1S/C14H14F3N3O/c15-14(16,17)9-5-7-10(8-6-9)19-12-4-2-1-3-11(12)13(21)20-18/h1-5,7-9,19H,6,18H2,(H,20,21). The molecule has 1 aromatic rings. The Balaban J connectivity index is 2.13. The maximum atomic E-state index is 12.5. The van der Waals surface area contributed by atoms with Gasteiger partial charge in [0.25, 0.3) is 5.91 Å². The number of anilines is 1. The molecule has 0 radical (unpaired) electrons. The summed E-state index contributed by atoms with van der Waals surface area (Å²) in [6.07, 6.45) is -0.453. The van der Waals surface area contributed by atoms with E-state index in [1.54, 1.807) is 24.3 Å². The first-order valence-electron chi connectivity index (χ1n) is 6.24. The van der Waals surface area contributed by atoms with E-state index in [4.69, 9.17) is 5.84 Å². The van der Waals surface area contributed by atoms with Gasteiger partial charge in [-0.15, -0.1) is 0 Å². The van der Waals surface area contributed by atoms with Gasteiger partial charge in [0, 0.05) is 5.70 Å². The van der Waals surface area contributed by atoms with Crippen LogP contribution in [-0.2, 0) is 0 Å². The van der Waals surface area contributed by atoms with Crippen LogP contribution in [0.1, 0.15) is 16.8 Å². The van der Waals surface area contributed by atoms with Gasteiger partial charge in [-0.25, -0.2) is 5.84 Å². The van der Waals surface area contributed by atoms with Gasteiger partial charge in [-0.3, -0.25) is 10.2 Å². The van der Waals surface area contributed by atoms with Gasteiger partial charge in [0.1, 0.15) is 0 Å². The average molecular weight is 297 g/mol. The predicted octanol–water partition coefficient (Wildman–Crippen LogP) is 2.72. The number of nitrogens with two attached hydrogens (primary N) is 1. The van der Waals surface area contributed by atoms with Crippen molar-refractivity contribution in [2.24, 2.45) is 11.8 Å². The van der Waals surface area contributed by atoms with Crippen molar-refractivity contribution in [1.29, 1.82) is 0 Å². The molecule has 21 heavy (non-hydrogen) atoms. The molecule has 1 atom stereocenters. The molecule has 0 aromatic heterocycles. The van der Waals surface area contributed by atoms with Crippen LogP contribution in [-0.4, -0.2) is 12.1 Å². The second-order valence-corrected chi connectivity index (χ2v) is 4.55. The molecule has 7 heteroatoms. The zero-order chi connectivity index (χ0) is 15.5. The van der Waals surface area contributed by atoms with Gasteiger partial charge in [-0.05, 0) is 24.6 Å². The molecule has 1 aliphatic carbocycles. The van der Waals surface area contributed by atoms with E-state index in [9.17, 15) is 18.0 Å². The molecule has 0 saturated heterocycles. The number of nitrogens with one attached hydrogen (secondary N) is 2. The van der Waals surface area contributed by atoms with Crippen LogP contribution in [0.4, 0.5) is 18.9 Å². The lowest BCUT2D eigenvalue weighted by Gasteiger charge is -2.20. The molecular formula is C14H14F3N3O. The van der Waals surface area contributed by atoms with Gasteiger partial charge in [-0.2, -0.15) is 13.2 Å². The summed E-state index contributed by atoms with van der Waals surface area (Å²) in [6.45, 7) is 0. The summed E-state index contributed by atoms with van der Waals surface area (Å²) in [6, 6.07) is 6.59. The lowest BCUT2D eigenvalue weighted by Crippen LogP contribution is -2.30. The Morgan fingerprint density at radius 1 is 1.29 bits per heavy atom. The van der Waals surface area contributed by atoms with Crippen molar-refractivity contribution in [2.75, 3.05) is 5.32 Å². The fourth-order valence-corrected chi connectivity index (χ4v) is 1.98. The van der Waals surface area contributed by atoms with Crippen LogP contribution in [0.2, 0.25) is 0 Å². The van der Waals surface area contributed by atoms with Gasteiger partial charge < -0.3 is 5.32 Å². The van der Waals surface area contributed by atoms with Gasteiger partial charge in [0.15, 0.2) is 0 Å². The minimum Gasteiger partial charge on any atom is -0.355 e. The Labute approximate surface area is 119 Å². The normalized spacial score (nSPS) is 18.1. The molecule has 0 aliphatic heterocycles. The Bertz CT molecular complexity index is 593. The van der Waals surface area contributed by atoms with E-state index in [0.29, 0.717) is 16.9 Å². The minimum absolute atomic E-state index is 0.131. The summed E-state index contributed by atoms with van der Waals surface area (Å²) >= 11 is 0. The zero-order valence-corrected chi connectivity index (χ0v) is 10.9. The number of hydrazine groups is 1. The summed E-state index contributed by atoms with van der Waals surface area (Å²) in [5.74, 6) is 3.14. The third-order valence-corrected chi connectivity index (χ3v) is 3.10. The van der Waals surface area contributed by atoms with E-state index in [1.165, 1.54) is 12.2 Å². The summed E-state index contributed by atoms with van der Waals surface area (Å²) in [7, 11) is 0. The first kappa shape index (κ1) is 15.1. The Kier molecular flexibility index (Phi) is 4.32. The molecule has 1 aromatic carbocycles. The third-order valence-electron chi connectivity index (χ3n) is 3.10. The highest BCUT2D eigenvalue weighted by Crippen LogP contribution is 2.33. The average Bonchev–Trinajstić information content (AvgIpc) is 2.46. The molecule has 4 N–H and O–H groups in total. The van der Waals surface area contributed by atoms with Crippen molar-refractivity contribution in [1.82, 2.24) is 5.43 Å². The number of rotatable bonds is 3. The number of hydrogen-bond donors (Lipinski definition) is 3. The van der Waals surface area contributed by atoms with E-state index in [-0.39, 0.29) is 6.42 Å². The number of carbonyl (C=O) groups is 1. The molecular weight excluding hydrogens is 283 g/mol. The first-order valence-corrected chi connectivity index (χ1v) is 6.24. The largest absolute Gasteiger partial charge is 0.395 e. The summed E-state index contributed by atoms with van der Waals surface area (Å²) in [4.78, 5) is 11.6. The van der Waals surface area contributed by atoms with Crippen molar-refractivity contribution >= 4 is 11.6 Å². The van der Waals surface area contributed by atoms with Crippen molar-refractivity contribution in [3.05, 3.63) is 53.8 Å². The van der Waals surface area contributed by atoms with E-state index in [0.717, 1.165) is 6.08 Å². The zero-order valence-electron chi connectivity index (χ0n) is 10.9. The lowest BCUT2D eigenvalue weighted by molar-refractivity contribution is -0.160. The summed E-state index contributed by atoms with van der Waals surface area (Å²) in [5.41, 5.74) is 3.31. The van der Waals surface area contributed by atoms with Gasteiger partial charge in [0.05, 0.1) is 17.2 Å². The molecule has 1 aliphatic rings. The van der Waals surface area contributed by atoms with E-state index >= 15 is 0 Å². The van der Waals surface area contributed by atoms with Crippen LogP contribution in [0.25, 0.3) is 0 Å². The van der Waals surface area contributed by atoms with Crippen LogP contribution in [0, 0.1) is 5.92 Å². The van der Waals surface area contributed by atoms with E-state index < -0.39 is 18.0 Å². The fraction of sp³-hybridized carbons (Fsp3) is 0.214. The van der Waals surface area contributed by atoms with Crippen molar-refractivity contribution < 1.29 is 18.0 Å². The topological polar surface area (TPSA) is 67.1 Å². The number of carbonyl (C=O) groups excluding carboxylic acids is 1. The van der Waals surface area contributed by atoms with Crippen LogP contribution in [0.15, 0.2) is 48.2 Å². The number of alkyl halides is 3. The summed E-state index contributed by atoms with van der Waals surface area (Å²) < 4.78 is 37.6. The SMILES string of the molecule is NNC(=O)c1ccccc1NC1=CCC(C(F)(F)F)C=C1. The van der Waals surface area contributed by atoms with Crippen LogP contribution in [0.5, 0.6) is 0 Å². The van der Waals surface area contributed by atoms with Gasteiger partial charge >= 0.3 is 6.18 Å². The van der Waals surface area contributed by atoms with Gasteiger partial charge in [-0.1, -0.05) is 24.3 Å². The third kappa shape index (κ3) is 3.63. The molecule has 0 spiro atoms. The van der Waals surface area contributed by atoms with Gasteiger partial charge in [0.2, 0.25) is 0 Å². The minimum atomic E-state index is -4.24. The quantitative estimate of drug-likeness (QED) is 0.456. The Morgan fingerprint density at radius 2 is 2.00 bits per heavy atom. The van der Waals surface area contributed by atoms with Crippen molar-refractivity contribution in [3.63, 3.8) is 0 Å². The molecule has 112 valence electrons. The van der Waals surface area contributed by atoms with Crippen molar-refractivity contribution in [2.45, 2.75) is 12.6 Å². The maximum Gasteiger partial charge on any atom is 0.395 e. The monoisotopic (exact) mass is 297 g/mol. The highest BCUT2D eigenvalue weighted by atomic mass is 19.4. The molecule has 0 heterocycles. The number of para-hydroxylation sites is 1. The van der Waals surface area contributed by atoms with E-state index in [1.807, 2.05) is 5.43 Å². The maximum absolute atomic E-state index is 12.5. The highest BCUT2D eigenvalue weighted by Gasteiger charge is 2.37.